The summed E-state index contributed by atoms with van der Waals surface area (Å²) in [4.78, 5) is 0. The third-order valence-electron chi connectivity index (χ3n) is 3.13. The summed E-state index contributed by atoms with van der Waals surface area (Å²) in [7, 11) is 0. The van der Waals surface area contributed by atoms with Crippen LogP contribution in [0.1, 0.15) is 37.3 Å². The fraction of sp³-hybridized carbons (Fsp3) is 0.500. The number of benzene rings is 1. The van der Waals surface area contributed by atoms with Gasteiger partial charge in [0.05, 0.1) is 0 Å². The lowest BCUT2D eigenvalue weighted by molar-refractivity contribution is 0.621. The van der Waals surface area contributed by atoms with Crippen molar-refractivity contribution in [2.24, 2.45) is 11.1 Å². The Kier molecular flexibility index (Phi) is 1.92. The van der Waals surface area contributed by atoms with E-state index < -0.39 is 0 Å². The van der Waals surface area contributed by atoms with Crippen LogP contribution >= 0.6 is 0 Å². The summed E-state index contributed by atoms with van der Waals surface area (Å²) in [5.41, 5.74) is 8.78. The van der Waals surface area contributed by atoms with Crippen LogP contribution < -0.4 is 5.73 Å². The van der Waals surface area contributed by atoms with Crippen LogP contribution in [0.4, 0.5) is 0 Å². The van der Waals surface area contributed by atoms with Crippen molar-refractivity contribution < 1.29 is 0 Å². The van der Waals surface area contributed by atoms with Crippen LogP contribution in [0, 0.1) is 5.41 Å². The first kappa shape index (κ1) is 8.76. The standard InChI is InChI=1S/C12H17N/c1-12(2)7-11(12)10-5-3-9(8-13)4-6-10/h3-6,11H,7-8,13H2,1-2H3. The van der Waals surface area contributed by atoms with E-state index in [1.165, 1.54) is 17.5 Å². The van der Waals surface area contributed by atoms with Crippen LogP contribution in [-0.4, -0.2) is 0 Å². The van der Waals surface area contributed by atoms with Gasteiger partial charge in [-0.1, -0.05) is 38.1 Å². The summed E-state index contributed by atoms with van der Waals surface area (Å²) in [5.74, 6) is 0.777. The molecule has 1 aromatic rings. The van der Waals surface area contributed by atoms with Crippen molar-refractivity contribution in [3.05, 3.63) is 35.4 Å². The van der Waals surface area contributed by atoms with Crippen molar-refractivity contribution in [3.63, 3.8) is 0 Å². The molecule has 0 amide bonds. The molecule has 0 aliphatic heterocycles. The summed E-state index contributed by atoms with van der Waals surface area (Å²) in [6, 6.07) is 8.73. The Hall–Kier alpha value is -0.820. The van der Waals surface area contributed by atoms with Crippen molar-refractivity contribution in [3.8, 4) is 0 Å². The van der Waals surface area contributed by atoms with E-state index in [-0.39, 0.29) is 0 Å². The molecular weight excluding hydrogens is 158 g/mol. The monoisotopic (exact) mass is 175 g/mol. The average molecular weight is 175 g/mol. The van der Waals surface area contributed by atoms with Gasteiger partial charge in [-0.05, 0) is 28.9 Å². The highest BCUT2D eigenvalue weighted by molar-refractivity contribution is 5.31. The van der Waals surface area contributed by atoms with Crippen molar-refractivity contribution in [2.75, 3.05) is 0 Å². The minimum atomic E-state index is 0.532. The van der Waals surface area contributed by atoms with Gasteiger partial charge in [-0.2, -0.15) is 0 Å². The minimum absolute atomic E-state index is 0.532. The molecule has 1 fully saturated rings. The maximum atomic E-state index is 5.54. The molecule has 1 saturated carbocycles. The van der Waals surface area contributed by atoms with Gasteiger partial charge in [-0.25, -0.2) is 0 Å². The average Bonchev–Trinajstić information content (AvgIpc) is 2.76. The topological polar surface area (TPSA) is 26.0 Å². The summed E-state index contributed by atoms with van der Waals surface area (Å²) in [6.45, 7) is 5.30. The first-order valence-electron chi connectivity index (χ1n) is 4.92. The van der Waals surface area contributed by atoms with Crippen molar-refractivity contribution in [1.29, 1.82) is 0 Å². The molecule has 1 aromatic carbocycles. The lowest BCUT2D eigenvalue weighted by Gasteiger charge is -2.04. The van der Waals surface area contributed by atoms with Crippen molar-refractivity contribution in [2.45, 2.75) is 32.7 Å². The summed E-state index contributed by atoms with van der Waals surface area (Å²) < 4.78 is 0. The van der Waals surface area contributed by atoms with E-state index >= 15 is 0 Å². The molecule has 1 atom stereocenters. The molecule has 0 heterocycles. The predicted molar refractivity (Wildman–Crippen MR) is 55.5 cm³/mol. The number of hydrogen-bond acceptors (Lipinski definition) is 1. The van der Waals surface area contributed by atoms with E-state index in [1.807, 2.05) is 0 Å². The zero-order valence-electron chi connectivity index (χ0n) is 8.38. The molecule has 13 heavy (non-hydrogen) atoms. The quantitative estimate of drug-likeness (QED) is 0.734. The van der Waals surface area contributed by atoms with E-state index in [1.54, 1.807) is 0 Å². The van der Waals surface area contributed by atoms with Gasteiger partial charge in [0.2, 0.25) is 0 Å². The van der Waals surface area contributed by atoms with Gasteiger partial charge in [0.15, 0.2) is 0 Å². The summed E-state index contributed by atoms with van der Waals surface area (Å²) in [6.07, 6.45) is 1.33. The Balaban J connectivity index is 2.16. The Labute approximate surface area is 80.0 Å². The second-order valence-corrected chi connectivity index (χ2v) is 4.69. The SMILES string of the molecule is CC1(C)CC1c1ccc(CN)cc1. The molecule has 0 aromatic heterocycles. The minimum Gasteiger partial charge on any atom is -0.326 e. The highest BCUT2D eigenvalue weighted by Gasteiger charge is 2.46. The Morgan fingerprint density at radius 3 is 2.23 bits per heavy atom. The molecule has 0 spiro atoms. The molecule has 1 aliphatic rings. The molecule has 0 saturated heterocycles. The maximum Gasteiger partial charge on any atom is 0.0178 e. The fourth-order valence-electron chi connectivity index (χ4n) is 1.92. The van der Waals surface area contributed by atoms with E-state index in [0.29, 0.717) is 12.0 Å². The molecular formula is C12H17N. The second kappa shape index (κ2) is 2.85. The largest absolute Gasteiger partial charge is 0.326 e. The van der Waals surface area contributed by atoms with Gasteiger partial charge in [-0.15, -0.1) is 0 Å². The zero-order chi connectivity index (χ0) is 9.47. The molecule has 70 valence electrons. The Morgan fingerprint density at radius 2 is 1.85 bits per heavy atom. The van der Waals surface area contributed by atoms with Gasteiger partial charge in [0.1, 0.15) is 0 Å². The first-order valence-corrected chi connectivity index (χ1v) is 4.92. The van der Waals surface area contributed by atoms with Crippen LogP contribution in [-0.2, 0) is 6.54 Å². The third kappa shape index (κ3) is 1.61. The number of nitrogens with two attached hydrogens (primary N) is 1. The van der Waals surface area contributed by atoms with E-state index in [0.717, 1.165) is 5.92 Å². The number of hydrogen-bond donors (Lipinski definition) is 1. The van der Waals surface area contributed by atoms with Crippen molar-refractivity contribution >= 4 is 0 Å². The maximum absolute atomic E-state index is 5.54. The third-order valence-corrected chi connectivity index (χ3v) is 3.13. The lowest BCUT2D eigenvalue weighted by Crippen LogP contribution is -1.96. The van der Waals surface area contributed by atoms with Crippen LogP contribution in [0.5, 0.6) is 0 Å². The normalized spacial score (nSPS) is 24.4. The molecule has 2 rings (SSSR count). The van der Waals surface area contributed by atoms with Crippen LogP contribution in [0.15, 0.2) is 24.3 Å². The summed E-state index contributed by atoms with van der Waals surface area (Å²) in [5, 5.41) is 0. The van der Waals surface area contributed by atoms with E-state index in [4.69, 9.17) is 5.73 Å². The molecule has 0 radical (unpaired) electrons. The molecule has 2 N–H and O–H groups in total. The lowest BCUT2D eigenvalue weighted by atomic mass is 10.0. The van der Waals surface area contributed by atoms with Crippen LogP contribution in [0.25, 0.3) is 0 Å². The van der Waals surface area contributed by atoms with Gasteiger partial charge in [0.25, 0.3) is 0 Å². The molecule has 1 heteroatoms. The first-order chi connectivity index (χ1) is 6.13. The van der Waals surface area contributed by atoms with Gasteiger partial charge in [0, 0.05) is 6.54 Å². The van der Waals surface area contributed by atoms with E-state index in [9.17, 15) is 0 Å². The van der Waals surface area contributed by atoms with Gasteiger partial charge >= 0.3 is 0 Å². The molecule has 0 bridgehead atoms. The van der Waals surface area contributed by atoms with Crippen molar-refractivity contribution in [1.82, 2.24) is 0 Å². The molecule has 1 nitrogen and oxygen atoms in total. The molecule has 1 unspecified atom stereocenters. The fourth-order valence-corrected chi connectivity index (χ4v) is 1.92. The highest BCUT2D eigenvalue weighted by atomic mass is 14.5. The van der Waals surface area contributed by atoms with Crippen LogP contribution in [0.3, 0.4) is 0 Å². The predicted octanol–water partition coefficient (Wildman–Crippen LogP) is 2.66. The second-order valence-electron chi connectivity index (χ2n) is 4.69. The molecule has 1 aliphatic carbocycles. The summed E-state index contributed by atoms with van der Waals surface area (Å²) >= 11 is 0. The van der Waals surface area contributed by atoms with Crippen LogP contribution in [0.2, 0.25) is 0 Å². The smallest absolute Gasteiger partial charge is 0.0178 e. The zero-order valence-corrected chi connectivity index (χ0v) is 8.38. The Morgan fingerprint density at radius 1 is 1.31 bits per heavy atom. The number of rotatable bonds is 2. The Bertz CT molecular complexity index is 297. The highest BCUT2D eigenvalue weighted by Crippen LogP contribution is 2.58. The van der Waals surface area contributed by atoms with Gasteiger partial charge < -0.3 is 5.73 Å². The van der Waals surface area contributed by atoms with Gasteiger partial charge in [-0.3, -0.25) is 0 Å². The van der Waals surface area contributed by atoms with E-state index in [2.05, 4.69) is 38.1 Å².